The zero-order chi connectivity index (χ0) is 21.1. The van der Waals surface area contributed by atoms with Gasteiger partial charge in [-0.2, -0.15) is 5.10 Å². The van der Waals surface area contributed by atoms with Crippen molar-refractivity contribution in [1.82, 2.24) is 14.7 Å². The van der Waals surface area contributed by atoms with Crippen LogP contribution >= 0.6 is 11.3 Å². The predicted molar refractivity (Wildman–Crippen MR) is 117 cm³/mol. The molecule has 1 saturated heterocycles. The van der Waals surface area contributed by atoms with E-state index in [1.165, 1.54) is 16.2 Å². The molecule has 0 bridgehead atoms. The fourth-order valence-corrected chi connectivity index (χ4v) is 4.50. The first-order chi connectivity index (χ1) is 14.5. The molecule has 0 atom stereocenters. The first-order valence-electron chi connectivity index (χ1n) is 10.1. The number of aryl methyl sites for hydroxylation is 1. The highest BCUT2D eigenvalue weighted by molar-refractivity contribution is 7.12. The Morgan fingerprint density at radius 1 is 1.10 bits per heavy atom. The predicted octanol–water partition coefficient (Wildman–Crippen LogP) is 1.53. The molecule has 1 fully saturated rings. The van der Waals surface area contributed by atoms with Crippen molar-refractivity contribution in [2.24, 2.45) is 0 Å². The first-order valence-corrected chi connectivity index (χ1v) is 11.0. The fourth-order valence-electron chi connectivity index (χ4n) is 3.81. The van der Waals surface area contributed by atoms with Crippen LogP contribution in [0.5, 0.6) is 0 Å². The van der Waals surface area contributed by atoms with Crippen molar-refractivity contribution in [3.63, 3.8) is 0 Å². The van der Waals surface area contributed by atoms with Gasteiger partial charge in [0.1, 0.15) is 0 Å². The zero-order valence-corrected chi connectivity index (χ0v) is 18.0. The Kier molecular flexibility index (Phi) is 5.96. The Morgan fingerprint density at radius 2 is 1.83 bits per heavy atom. The van der Waals surface area contributed by atoms with Crippen LogP contribution < -0.4 is 10.2 Å². The summed E-state index contributed by atoms with van der Waals surface area (Å²) in [5.74, 6) is 0.0647. The molecule has 156 valence electrons. The Hall–Kier alpha value is -2.97. The molecule has 0 radical (unpaired) electrons. The van der Waals surface area contributed by atoms with E-state index in [4.69, 9.17) is 0 Å². The van der Waals surface area contributed by atoms with Gasteiger partial charge in [-0.15, -0.1) is 11.3 Å². The highest BCUT2D eigenvalue weighted by Crippen LogP contribution is 2.22. The number of thiophene rings is 1. The summed E-state index contributed by atoms with van der Waals surface area (Å²) >= 11 is 1.47. The maximum atomic E-state index is 12.7. The van der Waals surface area contributed by atoms with Gasteiger partial charge in [-0.25, -0.2) is 4.68 Å². The third-order valence-electron chi connectivity index (χ3n) is 5.46. The standard InChI is InChI=1S/C22H25N5O2S/c1-16-21(17(2)27(24-16)18-7-4-3-5-8-18)23-20(28)15-25-10-12-26(13-11-25)22(29)19-9-6-14-30-19/h3-9,14H,10-13,15H2,1-2H3,(H,23,28)/p+1. The fraction of sp³-hybridized carbons (Fsp3) is 0.318. The number of piperazine rings is 1. The lowest BCUT2D eigenvalue weighted by molar-refractivity contribution is -0.895. The molecule has 8 heteroatoms. The van der Waals surface area contributed by atoms with Gasteiger partial charge in [-0.3, -0.25) is 9.59 Å². The van der Waals surface area contributed by atoms with Crippen LogP contribution in [0.15, 0.2) is 47.8 Å². The van der Waals surface area contributed by atoms with Crippen LogP contribution in [0.25, 0.3) is 5.69 Å². The summed E-state index contributed by atoms with van der Waals surface area (Å²) in [7, 11) is 0. The van der Waals surface area contributed by atoms with Gasteiger partial charge in [0, 0.05) is 0 Å². The Bertz CT molecular complexity index is 1020. The van der Waals surface area contributed by atoms with Gasteiger partial charge >= 0.3 is 0 Å². The van der Waals surface area contributed by atoms with Gasteiger partial charge in [0.25, 0.3) is 11.8 Å². The van der Waals surface area contributed by atoms with Crippen molar-refractivity contribution in [3.8, 4) is 5.69 Å². The number of carbonyl (C=O) groups is 2. The molecule has 0 unspecified atom stereocenters. The largest absolute Gasteiger partial charge is 0.327 e. The minimum atomic E-state index is -0.0261. The van der Waals surface area contributed by atoms with E-state index in [0.29, 0.717) is 19.6 Å². The maximum absolute atomic E-state index is 12.7. The molecule has 30 heavy (non-hydrogen) atoms. The molecule has 0 aliphatic carbocycles. The number of carbonyl (C=O) groups excluding carboxylic acids is 2. The number of nitrogens with one attached hydrogen (secondary N) is 2. The molecular weight excluding hydrogens is 398 g/mol. The van der Waals surface area contributed by atoms with E-state index >= 15 is 0 Å². The Labute approximate surface area is 179 Å². The smallest absolute Gasteiger partial charge is 0.279 e. The van der Waals surface area contributed by atoms with E-state index < -0.39 is 0 Å². The van der Waals surface area contributed by atoms with Crippen LogP contribution in [0.1, 0.15) is 21.1 Å². The van der Waals surface area contributed by atoms with Crippen molar-refractivity contribution in [2.45, 2.75) is 13.8 Å². The second-order valence-electron chi connectivity index (χ2n) is 7.54. The van der Waals surface area contributed by atoms with E-state index in [1.54, 1.807) is 0 Å². The number of para-hydroxylation sites is 1. The van der Waals surface area contributed by atoms with E-state index in [0.717, 1.165) is 40.7 Å². The zero-order valence-electron chi connectivity index (χ0n) is 17.2. The minimum Gasteiger partial charge on any atom is -0.327 e. The van der Waals surface area contributed by atoms with Crippen molar-refractivity contribution < 1.29 is 14.5 Å². The first kappa shape index (κ1) is 20.3. The Morgan fingerprint density at radius 3 is 2.50 bits per heavy atom. The number of benzene rings is 1. The third kappa shape index (κ3) is 4.29. The topological polar surface area (TPSA) is 71.7 Å². The summed E-state index contributed by atoms with van der Waals surface area (Å²) in [6.45, 7) is 7.13. The number of aromatic nitrogens is 2. The van der Waals surface area contributed by atoms with E-state index in [2.05, 4.69) is 10.4 Å². The lowest BCUT2D eigenvalue weighted by Crippen LogP contribution is -3.15. The van der Waals surface area contributed by atoms with Crippen molar-refractivity contribution in [3.05, 3.63) is 64.1 Å². The number of quaternary nitrogens is 1. The van der Waals surface area contributed by atoms with Crippen LogP contribution in [0, 0.1) is 13.8 Å². The summed E-state index contributed by atoms with van der Waals surface area (Å²) in [4.78, 5) is 29.0. The number of anilines is 1. The summed E-state index contributed by atoms with van der Waals surface area (Å²) < 4.78 is 1.85. The molecule has 3 heterocycles. The summed E-state index contributed by atoms with van der Waals surface area (Å²) in [5.41, 5.74) is 3.45. The molecule has 2 N–H and O–H groups in total. The normalized spacial score (nSPS) is 14.7. The quantitative estimate of drug-likeness (QED) is 0.653. The molecule has 0 spiro atoms. The average molecular weight is 425 g/mol. The highest BCUT2D eigenvalue weighted by Gasteiger charge is 2.27. The van der Waals surface area contributed by atoms with E-state index in [-0.39, 0.29) is 11.8 Å². The second kappa shape index (κ2) is 8.81. The number of hydrogen-bond acceptors (Lipinski definition) is 4. The highest BCUT2D eigenvalue weighted by atomic mass is 32.1. The van der Waals surface area contributed by atoms with Crippen molar-refractivity contribution in [2.75, 3.05) is 38.0 Å². The SMILES string of the molecule is Cc1nn(-c2ccccc2)c(C)c1NC(=O)C[NH+]1CCN(C(=O)c2cccs2)CC1. The average Bonchev–Trinajstić information content (AvgIpc) is 3.39. The Balaban J connectivity index is 1.34. The molecule has 1 aliphatic rings. The van der Waals surface area contributed by atoms with Crippen molar-refractivity contribution in [1.29, 1.82) is 0 Å². The molecule has 2 amide bonds. The van der Waals surface area contributed by atoms with E-state index in [9.17, 15) is 9.59 Å². The number of rotatable bonds is 5. The maximum Gasteiger partial charge on any atom is 0.279 e. The molecule has 7 nitrogen and oxygen atoms in total. The summed E-state index contributed by atoms with van der Waals surface area (Å²) in [6.07, 6.45) is 0. The number of nitrogens with zero attached hydrogens (tertiary/aromatic N) is 3. The van der Waals surface area contributed by atoms with Gasteiger partial charge < -0.3 is 15.1 Å². The van der Waals surface area contributed by atoms with Gasteiger partial charge in [-0.05, 0) is 37.4 Å². The second-order valence-corrected chi connectivity index (χ2v) is 8.49. The molecule has 2 aromatic heterocycles. The molecule has 4 rings (SSSR count). The molecule has 1 aliphatic heterocycles. The van der Waals surface area contributed by atoms with Crippen molar-refractivity contribution >= 4 is 28.8 Å². The van der Waals surface area contributed by atoms with Gasteiger partial charge in [0.15, 0.2) is 6.54 Å². The summed E-state index contributed by atoms with van der Waals surface area (Å²) in [5, 5.41) is 9.56. The van der Waals surface area contributed by atoms with Gasteiger partial charge in [0.2, 0.25) is 0 Å². The van der Waals surface area contributed by atoms with Crippen LogP contribution in [0.2, 0.25) is 0 Å². The van der Waals surface area contributed by atoms with Gasteiger partial charge in [0.05, 0.1) is 53.8 Å². The minimum absolute atomic E-state index is 0.0261. The number of hydrogen-bond donors (Lipinski definition) is 2. The summed E-state index contributed by atoms with van der Waals surface area (Å²) in [6, 6.07) is 13.6. The van der Waals surface area contributed by atoms with Crippen LogP contribution in [0.4, 0.5) is 5.69 Å². The molecule has 0 saturated carbocycles. The molecule has 3 aromatic rings. The lowest BCUT2D eigenvalue weighted by atomic mass is 10.2. The van der Waals surface area contributed by atoms with Crippen LogP contribution in [0.3, 0.4) is 0 Å². The van der Waals surface area contributed by atoms with Crippen LogP contribution in [-0.4, -0.2) is 59.2 Å². The monoisotopic (exact) mass is 424 g/mol. The molecule has 1 aromatic carbocycles. The number of amides is 2. The third-order valence-corrected chi connectivity index (χ3v) is 6.31. The lowest BCUT2D eigenvalue weighted by Gasteiger charge is -2.31. The van der Waals surface area contributed by atoms with E-state index in [1.807, 2.05) is 71.3 Å². The molecular formula is C22H26N5O2S+. The van der Waals surface area contributed by atoms with Crippen LogP contribution in [-0.2, 0) is 4.79 Å². The van der Waals surface area contributed by atoms with Gasteiger partial charge in [-0.1, -0.05) is 24.3 Å².